The minimum Gasteiger partial charge on any atom is -0.339 e. The fraction of sp³-hybridized carbons (Fsp3) is 0.579. The van der Waals surface area contributed by atoms with Gasteiger partial charge in [-0.3, -0.25) is 15.0 Å². The van der Waals surface area contributed by atoms with Gasteiger partial charge in [0.25, 0.3) is 5.91 Å². The van der Waals surface area contributed by atoms with Gasteiger partial charge in [0, 0.05) is 50.2 Å². The molecule has 0 saturated carbocycles. The van der Waals surface area contributed by atoms with Crippen LogP contribution in [0.5, 0.6) is 0 Å². The van der Waals surface area contributed by atoms with Crippen LogP contribution in [0.3, 0.4) is 0 Å². The van der Waals surface area contributed by atoms with Crippen LogP contribution in [0.2, 0.25) is 0 Å². The summed E-state index contributed by atoms with van der Waals surface area (Å²) >= 11 is 0. The third kappa shape index (κ3) is 3.83. The van der Waals surface area contributed by atoms with E-state index in [1.807, 2.05) is 4.90 Å². The van der Waals surface area contributed by atoms with E-state index in [1.165, 1.54) is 24.3 Å². The lowest BCUT2D eigenvalue weighted by atomic mass is 9.89. The number of benzene rings is 1. The maximum absolute atomic E-state index is 13.1. The van der Waals surface area contributed by atoms with Gasteiger partial charge >= 0.3 is 0 Å². The summed E-state index contributed by atoms with van der Waals surface area (Å²) in [7, 11) is 0. The summed E-state index contributed by atoms with van der Waals surface area (Å²) in [5.74, 6) is -0.102. The smallest absolute Gasteiger partial charge is 0.253 e. The summed E-state index contributed by atoms with van der Waals surface area (Å²) in [5, 5.41) is 3.37. The van der Waals surface area contributed by atoms with Crippen molar-refractivity contribution in [1.29, 1.82) is 0 Å². The van der Waals surface area contributed by atoms with Crippen molar-refractivity contribution in [3.05, 3.63) is 35.6 Å². The number of carbonyl (C=O) groups is 2. The molecular formula is C19H26FN5O2. The zero-order valence-corrected chi connectivity index (χ0v) is 15.3. The zero-order chi connectivity index (χ0) is 18.8. The van der Waals surface area contributed by atoms with Crippen molar-refractivity contribution in [3.63, 3.8) is 0 Å². The highest BCUT2D eigenvalue weighted by Crippen LogP contribution is 2.22. The van der Waals surface area contributed by atoms with Crippen LogP contribution in [0.1, 0.15) is 23.2 Å². The second-order valence-electron chi connectivity index (χ2n) is 7.51. The van der Waals surface area contributed by atoms with Crippen LogP contribution in [-0.2, 0) is 4.79 Å². The van der Waals surface area contributed by atoms with Crippen LogP contribution >= 0.6 is 0 Å². The van der Waals surface area contributed by atoms with E-state index in [0.717, 1.165) is 25.9 Å². The molecule has 27 heavy (non-hydrogen) atoms. The summed E-state index contributed by atoms with van der Waals surface area (Å²) in [6.45, 7) is 4.08. The van der Waals surface area contributed by atoms with Crippen LogP contribution in [0.15, 0.2) is 24.3 Å². The van der Waals surface area contributed by atoms with E-state index < -0.39 is 0 Å². The normalized spacial score (nSPS) is 28.6. The van der Waals surface area contributed by atoms with E-state index in [4.69, 9.17) is 0 Å². The molecular weight excluding hydrogens is 349 g/mol. The molecule has 3 unspecified atom stereocenters. The molecule has 3 heterocycles. The number of carbonyl (C=O) groups excluding carboxylic acids is 2. The van der Waals surface area contributed by atoms with E-state index in [0.29, 0.717) is 37.8 Å². The molecule has 3 atom stereocenters. The number of rotatable bonds is 2. The summed E-state index contributed by atoms with van der Waals surface area (Å²) in [4.78, 5) is 29.3. The van der Waals surface area contributed by atoms with Gasteiger partial charge in [0.15, 0.2) is 0 Å². The molecule has 3 saturated heterocycles. The Hall–Kier alpha value is -2.03. The quantitative estimate of drug-likeness (QED) is 0.676. The Labute approximate surface area is 158 Å². The highest BCUT2D eigenvalue weighted by atomic mass is 19.1. The molecule has 0 aliphatic carbocycles. The molecule has 4 rings (SSSR count). The van der Waals surface area contributed by atoms with Gasteiger partial charge in [0.05, 0.1) is 0 Å². The maximum Gasteiger partial charge on any atom is 0.253 e. The van der Waals surface area contributed by atoms with Crippen molar-refractivity contribution in [2.24, 2.45) is 5.92 Å². The first-order valence-electron chi connectivity index (χ1n) is 9.69. The van der Waals surface area contributed by atoms with Crippen molar-refractivity contribution in [2.75, 3.05) is 39.3 Å². The molecule has 3 N–H and O–H groups in total. The van der Waals surface area contributed by atoms with Crippen LogP contribution < -0.4 is 16.2 Å². The number of amides is 2. The van der Waals surface area contributed by atoms with Gasteiger partial charge in [0.2, 0.25) is 5.91 Å². The predicted octanol–water partition coefficient (Wildman–Crippen LogP) is -0.0453. The van der Waals surface area contributed by atoms with Crippen LogP contribution in [0, 0.1) is 11.7 Å². The molecule has 8 heteroatoms. The maximum atomic E-state index is 13.1. The number of hydrogen-bond acceptors (Lipinski definition) is 5. The number of halogens is 1. The summed E-state index contributed by atoms with van der Waals surface area (Å²) in [6.07, 6.45) is 1.76. The van der Waals surface area contributed by atoms with E-state index >= 15 is 0 Å². The molecule has 1 aromatic carbocycles. The third-order valence-electron chi connectivity index (χ3n) is 5.83. The Kier molecular flexibility index (Phi) is 5.38. The largest absolute Gasteiger partial charge is 0.339 e. The molecule has 3 aliphatic heterocycles. The van der Waals surface area contributed by atoms with Gasteiger partial charge in [-0.1, -0.05) is 0 Å². The van der Waals surface area contributed by atoms with E-state index in [-0.39, 0.29) is 29.6 Å². The Morgan fingerprint density at radius 3 is 2.56 bits per heavy atom. The lowest BCUT2D eigenvalue weighted by Gasteiger charge is -2.30. The molecule has 146 valence electrons. The number of fused-ring (bicyclic) bond motifs is 1. The third-order valence-corrected chi connectivity index (χ3v) is 5.83. The van der Waals surface area contributed by atoms with Crippen molar-refractivity contribution in [3.8, 4) is 0 Å². The molecule has 2 amide bonds. The Morgan fingerprint density at radius 1 is 1.00 bits per heavy atom. The summed E-state index contributed by atoms with van der Waals surface area (Å²) in [5.41, 5.74) is 6.93. The lowest BCUT2D eigenvalue weighted by molar-refractivity contribution is -0.134. The standard InChI is InChI=1S/C19H26FN5O2/c20-14-4-2-13(3-5-14)18(26)24-8-1-9-25(11-10-24)19(27)17-15-12-21-7-6-16(15)22-23-17/h2-5,15-17,21-23H,1,6-12H2. The molecule has 0 spiro atoms. The fourth-order valence-corrected chi connectivity index (χ4v) is 4.27. The number of nitrogens with one attached hydrogen (secondary N) is 3. The van der Waals surface area contributed by atoms with Crippen LogP contribution in [0.4, 0.5) is 4.39 Å². The van der Waals surface area contributed by atoms with Gasteiger partial charge in [-0.25, -0.2) is 9.82 Å². The van der Waals surface area contributed by atoms with E-state index in [9.17, 15) is 14.0 Å². The van der Waals surface area contributed by atoms with Gasteiger partial charge < -0.3 is 15.1 Å². The zero-order valence-electron chi connectivity index (χ0n) is 15.3. The minimum absolute atomic E-state index is 0.106. The van der Waals surface area contributed by atoms with Gasteiger partial charge in [-0.15, -0.1) is 0 Å². The van der Waals surface area contributed by atoms with Gasteiger partial charge in [-0.05, 0) is 43.7 Å². The highest BCUT2D eigenvalue weighted by Gasteiger charge is 2.42. The average molecular weight is 375 g/mol. The molecule has 3 aliphatic rings. The van der Waals surface area contributed by atoms with Crippen LogP contribution in [0.25, 0.3) is 0 Å². The first-order valence-corrected chi connectivity index (χ1v) is 9.69. The van der Waals surface area contributed by atoms with Crippen LogP contribution in [-0.4, -0.2) is 73.0 Å². The monoisotopic (exact) mass is 375 g/mol. The Bertz CT molecular complexity index is 698. The second kappa shape index (κ2) is 7.92. The fourth-order valence-electron chi connectivity index (χ4n) is 4.27. The SMILES string of the molecule is O=C(c1ccc(F)cc1)N1CCCN(C(=O)C2NNC3CCNCC32)CC1. The first-order chi connectivity index (χ1) is 13.1. The highest BCUT2D eigenvalue weighted by molar-refractivity contribution is 5.94. The van der Waals surface area contributed by atoms with E-state index in [2.05, 4.69) is 16.2 Å². The molecule has 3 fully saturated rings. The molecule has 0 bridgehead atoms. The lowest BCUT2D eigenvalue weighted by Crippen LogP contribution is -2.51. The molecule has 7 nitrogen and oxygen atoms in total. The Balaban J connectivity index is 1.37. The minimum atomic E-state index is -0.354. The predicted molar refractivity (Wildman–Crippen MR) is 98.3 cm³/mol. The topological polar surface area (TPSA) is 76.7 Å². The van der Waals surface area contributed by atoms with Crippen molar-refractivity contribution >= 4 is 11.8 Å². The van der Waals surface area contributed by atoms with Crippen molar-refractivity contribution in [2.45, 2.75) is 24.9 Å². The molecule has 1 aromatic rings. The summed E-state index contributed by atoms with van der Waals surface area (Å²) in [6, 6.07) is 5.74. The number of nitrogens with zero attached hydrogens (tertiary/aromatic N) is 2. The number of piperidine rings is 1. The number of hydrazine groups is 1. The summed E-state index contributed by atoms with van der Waals surface area (Å²) < 4.78 is 13.1. The Morgan fingerprint density at radius 2 is 1.74 bits per heavy atom. The molecule has 0 radical (unpaired) electrons. The van der Waals surface area contributed by atoms with E-state index in [1.54, 1.807) is 4.90 Å². The van der Waals surface area contributed by atoms with Gasteiger partial charge in [-0.2, -0.15) is 0 Å². The molecule has 0 aromatic heterocycles. The van der Waals surface area contributed by atoms with Crippen molar-refractivity contribution in [1.82, 2.24) is 26.0 Å². The van der Waals surface area contributed by atoms with Gasteiger partial charge in [0.1, 0.15) is 11.9 Å². The first kappa shape index (κ1) is 18.3. The van der Waals surface area contributed by atoms with Crippen molar-refractivity contribution < 1.29 is 14.0 Å². The second-order valence-corrected chi connectivity index (χ2v) is 7.51. The number of hydrogen-bond donors (Lipinski definition) is 3. The average Bonchev–Trinajstić information content (AvgIpc) is 2.96.